The second-order valence-corrected chi connectivity index (χ2v) is 8.10. The van der Waals surface area contributed by atoms with Crippen molar-refractivity contribution in [3.8, 4) is 5.75 Å². The lowest BCUT2D eigenvalue weighted by Gasteiger charge is -2.36. The van der Waals surface area contributed by atoms with Crippen molar-refractivity contribution in [3.05, 3.63) is 36.4 Å². The van der Waals surface area contributed by atoms with Gasteiger partial charge in [0.1, 0.15) is 5.75 Å². The average molecular weight is 452 g/mol. The number of carbonyl (C=O) groups is 2. The van der Waals surface area contributed by atoms with Gasteiger partial charge in [-0.05, 0) is 25.1 Å². The number of anilines is 1. The second-order valence-electron chi connectivity index (χ2n) is 8.10. The number of likely N-dealkylation sites (tertiary alicyclic amines) is 1. The first-order chi connectivity index (χ1) is 14.5. The quantitative estimate of drug-likeness (QED) is 0.481. The molecule has 4 unspecified atom stereocenters. The second kappa shape index (κ2) is 9.99. The summed E-state index contributed by atoms with van der Waals surface area (Å²) in [6.07, 6.45) is 1.46. The summed E-state index contributed by atoms with van der Waals surface area (Å²) in [6.45, 7) is 4.66. The summed E-state index contributed by atoms with van der Waals surface area (Å²) >= 11 is 0. The number of rotatable bonds is 6. The number of nitrogens with zero attached hydrogens (tertiary/aromatic N) is 3. The van der Waals surface area contributed by atoms with Crippen LogP contribution in [0.15, 0.2) is 36.4 Å². The average Bonchev–Trinajstić information content (AvgIpc) is 3.03. The topological polar surface area (TPSA) is 93.6 Å². The van der Waals surface area contributed by atoms with E-state index in [9.17, 15) is 19.8 Å². The number of halogens is 1. The summed E-state index contributed by atoms with van der Waals surface area (Å²) in [5, 5.41) is 20.1. The molecule has 1 aromatic rings. The Labute approximate surface area is 188 Å². The fourth-order valence-corrected chi connectivity index (χ4v) is 4.74. The molecule has 4 rings (SSSR count). The van der Waals surface area contributed by atoms with Gasteiger partial charge < -0.3 is 19.8 Å². The largest absolute Gasteiger partial charge is 0.495 e. The number of hydrogen-bond acceptors (Lipinski definition) is 7. The predicted octanol–water partition coefficient (Wildman–Crippen LogP) is 0.522. The van der Waals surface area contributed by atoms with E-state index in [1.54, 1.807) is 7.11 Å². The predicted molar refractivity (Wildman–Crippen MR) is 118 cm³/mol. The van der Waals surface area contributed by atoms with Crippen molar-refractivity contribution in [3.63, 3.8) is 0 Å². The van der Waals surface area contributed by atoms with E-state index in [0.717, 1.165) is 44.2 Å². The highest BCUT2D eigenvalue weighted by atomic mass is 35.5. The Hall–Kier alpha value is -2.13. The first kappa shape index (κ1) is 23.5. The lowest BCUT2D eigenvalue weighted by Crippen LogP contribution is -2.47. The molecule has 0 aromatic heterocycles. The van der Waals surface area contributed by atoms with Crippen LogP contribution >= 0.6 is 12.4 Å². The van der Waals surface area contributed by atoms with Gasteiger partial charge in [-0.15, -0.1) is 12.4 Å². The number of carbonyl (C=O) groups excluding carboxylic acids is 2. The van der Waals surface area contributed by atoms with Crippen LogP contribution < -0.4 is 9.64 Å². The van der Waals surface area contributed by atoms with Crippen molar-refractivity contribution in [1.29, 1.82) is 0 Å². The van der Waals surface area contributed by atoms with E-state index < -0.39 is 24.0 Å². The molecular formula is C22H30ClN3O5. The lowest BCUT2D eigenvalue weighted by atomic mass is 9.81. The lowest BCUT2D eigenvalue weighted by molar-refractivity contribution is -0.140. The first-order valence-electron chi connectivity index (χ1n) is 10.5. The van der Waals surface area contributed by atoms with Crippen molar-refractivity contribution in [1.82, 2.24) is 9.80 Å². The summed E-state index contributed by atoms with van der Waals surface area (Å²) < 4.78 is 5.46. The van der Waals surface area contributed by atoms with Gasteiger partial charge in [-0.1, -0.05) is 24.3 Å². The van der Waals surface area contributed by atoms with Gasteiger partial charge >= 0.3 is 0 Å². The van der Waals surface area contributed by atoms with Gasteiger partial charge in [-0.25, -0.2) is 0 Å². The molecule has 2 amide bonds. The zero-order valence-electron chi connectivity index (χ0n) is 17.6. The van der Waals surface area contributed by atoms with Gasteiger partial charge in [0, 0.05) is 32.7 Å². The molecule has 8 nitrogen and oxygen atoms in total. The number of methoxy groups -OCH3 is 1. The van der Waals surface area contributed by atoms with E-state index in [-0.39, 0.29) is 24.2 Å². The third-order valence-corrected chi connectivity index (χ3v) is 6.38. The van der Waals surface area contributed by atoms with Gasteiger partial charge in [0.05, 0.1) is 36.8 Å². The van der Waals surface area contributed by atoms with E-state index in [1.807, 2.05) is 18.2 Å². The van der Waals surface area contributed by atoms with E-state index in [4.69, 9.17) is 4.74 Å². The highest BCUT2D eigenvalue weighted by Gasteiger charge is 2.53. The molecule has 4 atom stereocenters. The number of para-hydroxylation sites is 2. The number of hydrogen-bond donors (Lipinski definition) is 2. The summed E-state index contributed by atoms with van der Waals surface area (Å²) in [6, 6.07) is 8.00. The summed E-state index contributed by atoms with van der Waals surface area (Å²) in [7, 11) is 1.68. The van der Waals surface area contributed by atoms with E-state index in [0.29, 0.717) is 13.0 Å². The van der Waals surface area contributed by atoms with Gasteiger partial charge in [0.2, 0.25) is 11.8 Å². The minimum atomic E-state index is -1.01. The Balaban J connectivity index is 0.00000272. The molecule has 0 saturated carbocycles. The number of piperazine rings is 1. The van der Waals surface area contributed by atoms with Crippen LogP contribution in [0.4, 0.5) is 5.69 Å². The Kier molecular flexibility index (Phi) is 7.59. The number of amides is 2. The Morgan fingerprint density at radius 1 is 0.935 bits per heavy atom. The minimum Gasteiger partial charge on any atom is -0.495 e. The van der Waals surface area contributed by atoms with E-state index >= 15 is 0 Å². The van der Waals surface area contributed by atoms with Crippen molar-refractivity contribution >= 4 is 29.9 Å². The number of aliphatic hydroxyl groups is 2. The van der Waals surface area contributed by atoms with Gasteiger partial charge in [0.25, 0.3) is 0 Å². The number of ether oxygens (including phenoxy) is 1. The number of benzene rings is 1. The molecule has 9 heteroatoms. The molecule has 2 fully saturated rings. The van der Waals surface area contributed by atoms with Gasteiger partial charge in [-0.3, -0.25) is 19.4 Å². The van der Waals surface area contributed by atoms with Crippen LogP contribution in [0.3, 0.4) is 0 Å². The third kappa shape index (κ3) is 4.57. The molecule has 3 aliphatic rings. The zero-order chi connectivity index (χ0) is 21.3. The van der Waals surface area contributed by atoms with Crippen molar-refractivity contribution < 1.29 is 24.5 Å². The molecule has 2 heterocycles. The Bertz CT molecular complexity index is 797. The number of imide groups is 1. The molecule has 2 saturated heterocycles. The fourth-order valence-electron chi connectivity index (χ4n) is 4.74. The van der Waals surface area contributed by atoms with Crippen LogP contribution in [-0.4, -0.2) is 90.4 Å². The van der Waals surface area contributed by atoms with Crippen LogP contribution in [0.1, 0.15) is 6.42 Å². The normalized spacial score (nSPS) is 28.5. The highest BCUT2D eigenvalue weighted by Crippen LogP contribution is 2.35. The molecule has 1 aromatic carbocycles. The molecule has 31 heavy (non-hydrogen) atoms. The summed E-state index contributed by atoms with van der Waals surface area (Å²) in [4.78, 5) is 31.1. The SMILES string of the molecule is COc1ccccc1N1CCN(CCCN2C(=O)C3C(O)C=CC(O)C3C2=O)CC1.Cl. The van der Waals surface area contributed by atoms with Crippen molar-refractivity contribution in [2.45, 2.75) is 18.6 Å². The highest BCUT2D eigenvalue weighted by molar-refractivity contribution is 6.06. The molecule has 0 spiro atoms. The van der Waals surface area contributed by atoms with Crippen LogP contribution in [0.5, 0.6) is 5.75 Å². The molecule has 2 aliphatic heterocycles. The molecule has 170 valence electrons. The number of aliphatic hydroxyl groups excluding tert-OH is 2. The standard InChI is InChI=1S/C22H29N3O5.ClH/c1-30-18-6-3-2-5-15(18)24-13-11-23(12-14-24)9-4-10-25-21(28)19-16(26)7-8-17(27)20(19)22(25)29;/h2-3,5-8,16-17,19-20,26-27H,4,9-14H2,1H3;1H. The summed E-state index contributed by atoms with van der Waals surface area (Å²) in [5.74, 6) is -1.59. The van der Waals surface area contributed by atoms with Gasteiger partial charge in [0.15, 0.2) is 0 Å². The first-order valence-corrected chi connectivity index (χ1v) is 10.5. The van der Waals surface area contributed by atoms with E-state index in [1.165, 1.54) is 17.1 Å². The Morgan fingerprint density at radius 3 is 2.10 bits per heavy atom. The van der Waals surface area contributed by atoms with Crippen LogP contribution in [0.2, 0.25) is 0 Å². The van der Waals surface area contributed by atoms with Crippen LogP contribution in [0.25, 0.3) is 0 Å². The molecule has 0 radical (unpaired) electrons. The molecule has 2 N–H and O–H groups in total. The van der Waals surface area contributed by atoms with E-state index in [2.05, 4.69) is 15.9 Å². The number of fused-ring (bicyclic) bond motifs is 1. The Morgan fingerprint density at radius 2 is 1.52 bits per heavy atom. The summed E-state index contributed by atoms with van der Waals surface area (Å²) in [5.41, 5.74) is 1.10. The maximum Gasteiger partial charge on any atom is 0.236 e. The third-order valence-electron chi connectivity index (χ3n) is 6.38. The maximum absolute atomic E-state index is 12.6. The smallest absolute Gasteiger partial charge is 0.236 e. The molecule has 1 aliphatic carbocycles. The monoisotopic (exact) mass is 451 g/mol. The molecular weight excluding hydrogens is 422 g/mol. The minimum absolute atomic E-state index is 0. The van der Waals surface area contributed by atoms with Crippen molar-refractivity contribution in [2.75, 3.05) is 51.3 Å². The maximum atomic E-state index is 12.6. The fraction of sp³-hybridized carbons (Fsp3) is 0.545. The zero-order valence-corrected chi connectivity index (χ0v) is 18.4. The van der Waals surface area contributed by atoms with Crippen LogP contribution in [0, 0.1) is 11.8 Å². The van der Waals surface area contributed by atoms with Crippen molar-refractivity contribution in [2.24, 2.45) is 11.8 Å². The van der Waals surface area contributed by atoms with Gasteiger partial charge in [-0.2, -0.15) is 0 Å². The van der Waals surface area contributed by atoms with Crippen LogP contribution in [-0.2, 0) is 9.59 Å². The molecule has 0 bridgehead atoms.